The molecule has 0 aromatic carbocycles. The molecule has 1 unspecified atom stereocenters. The van der Waals surface area contributed by atoms with Crippen LogP contribution in [-0.4, -0.2) is 48.2 Å². The first-order valence-corrected chi connectivity index (χ1v) is 5.89. The van der Waals surface area contributed by atoms with Crippen LogP contribution in [0.4, 0.5) is 0 Å². The van der Waals surface area contributed by atoms with Crippen LogP contribution >= 0.6 is 0 Å². The molecule has 2 amide bonds. The topological polar surface area (TPSA) is 105 Å². The van der Waals surface area contributed by atoms with Crippen molar-refractivity contribution in [3.05, 3.63) is 0 Å². The van der Waals surface area contributed by atoms with Gasteiger partial charge in [-0.25, -0.2) is 4.79 Å². The van der Waals surface area contributed by atoms with Gasteiger partial charge in [-0.05, 0) is 6.42 Å². The molecule has 7 nitrogen and oxygen atoms in total. The third-order valence-electron chi connectivity index (χ3n) is 2.73. The van der Waals surface area contributed by atoms with E-state index in [0.717, 1.165) is 0 Å². The highest BCUT2D eigenvalue weighted by Crippen LogP contribution is 2.18. The number of rotatable bonds is 6. The number of carboxylic acid groups (broad SMARTS) is 1. The van der Waals surface area contributed by atoms with E-state index in [0.29, 0.717) is 19.4 Å². The number of amides is 2. The van der Waals surface area contributed by atoms with E-state index in [9.17, 15) is 14.4 Å². The van der Waals surface area contributed by atoms with Gasteiger partial charge in [-0.2, -0.15) is 0 Å². The largest absolute Gasteiger partial charge is 0.479 e. The van der Waals surface area contributed by atoms with E-state index in [2.05, 4.69) is 10.6 Å². The summed E-state index contributed by atoms with van der Waals surface area (Å²) >= 11 is 0. The molecule has 7 heteroatoms. The van der Waals surface area contributed by atoms with Crippen molar-refractivity contribution in [3.8, 4) is 0 Å². The zero-order valence-corrected chi connectivity index (χ0v) is 10.3. The van der Waals surface area contributed by atoms with Crippen molar-refractivity contribution in [2.75, 3.05) is 19.8 Å². The minimum Gasteiger partial charge on any atom is -0.479 e. The first-order valence-electron chi connectivity index (χ1n) is 5.89. The van der Waals surface area contributed by atoms with Gasteiger partial charge in [-0.3, -0.25) is 9.59 Å². The molecular formula is C11H18N2O5. The van der Waals surface area contributed by atoms with Crippen LogP contribution in [-0.2, 0) is 19.1 Å². The maximum Gasteiger partial charge on any atom is 0.331 e. The Balaban J connectivity index is 2.43. The highest BCUT2D eigenvalue weighted by molar-refractivity contribution is 5.90. The van der Waals surface area contributed by atoms with E-state index in [1.807, 2.05) is 6.92 Å². The third-order valence-corrected chi connectivity index (χ3v) is 2.73. The van der Waals surface area contributed by atoms with Gasteiger partial charge in [0.05, 0.1) is 13.2 Å². The zero-order valence-electron chi connectivity index (χ0n) is 10.3. The number of carboxylic acids is 1. The number of hydrogen-bond acceptors (Lipinski definition) is 4. The first kappa shape index (κ1) is 14.4. The van der Waals surface area contributed by atoms with Crippen LogP contribution in [0.2, 0.25) is 0 Å². The lowest BCUT2D eigenvalue weighted by molar-refractivity contribution is -0.147. The number of carbonyl (C=O) groups is 3. The maximum atomic E-state index is 11.6. The monoisotopic (exact) mass is 258 g/mol. The molecular weight excluding hydrogens is 240 g/mol. The van der Waals surface area contributed by atoms with Crippen molar-refractivity contribution in [3.63, 3.8) is 0 Å². The Morgan fingerprint density at radius 2 is 2.06 bits per heavy atom. The number of ether oxygens (including phenoxy) is 1. The molecule has 1 atom stereocenters. The lowest BCUT2D eigenvalue weighted by Gasteiger charge is -2.23. The number of hydrogen-bond donors (Lipinski definition) is 3. The van der Waals surface area contributed by atoms with Gasteiger partial charge in [0.15, 0.2) is 5.54 Å². The average molecular weight is 258 g/mol. The molecule has 0 bridgehead atoms. The summed E-state index contributed by atoms with van der Waals surface area (Å²) in [6, 6.07) is 0. The van der Waals surface area contributed by atoms with Crippen molar-refractivity contribution in [2.45, 2.75) is 31.7 Å². The van der Waals surface area contributed by atoms with Gasteiger partial charge in [0.1, 0.15) is 0 Å². The van der Waals surface area contributed by atoms with Crippen molar-refractivity contribution < 1.29 is 24.2 Å². The van der Waals surface area contributed by atoms with Crippen molar-refractivity contribution in [2.24, 2.45) is 0 Å². The van der Waals surface area contributed by atoms with Crippen LogP contribution in [0.5, 0.6) is 0 Å². The maximum absolute atomic E-state index is 11.6. The molecule has 18 heavy (non-hydrogen) atoms. The SMILES string of the molecule is CCCC(=O)NCC(=O)NC1(C(=O)O)CCOC1. The molecule has 1 fully saturated rings. The van der Waals surface area contributed by atoms with Crippen LogP contribution < -0.4 is 10.6 Å². The lowest BCUT2D eigenvalue weighted by atomic mass is 9.99. The predicted octanol–water partition coefficient (Wildman–Crippen LogP) is -0.737. The third kappa shape index (κ3) is 3.69. The van der Waals surface area contributed by atoms with E-state index in [4.69, 9.17) is 9.84 Å². The van der Waals surface area contributed by atoms with Crippen molar-refractivity contribution in [1.82, 2.24) is 10.6 Å². The van der Waals surface area contributed by atoms with Gasteiger partial charge in [0.25, 0.3) is 0 Å². The Labute approximate surface area is 105 Å². The lowest BCUT2D eigenvalue weighted by Crippen LogP contribution is -2.57. The van der Waals surface area contributed by atoms with Crippen LogP contribution in [0.1, 0.15) is 26.2 Å². The molecule has 1 heterocycles. The number of nitrogens with one attached hydrogen (secondary N) is 2. The Morgan fingerprint density at radius 1 is 1.33 bits per heavy atom. The summed E-state index contributed by atoms with van der Waals surface area (Å²) in [7, 11) is 0. The summed E-state index contributed by atoms with van der Waals surface area (Å²) in [4.78, 5) is 33.9. The quantitative estimate of drug-likeness (QED) is 0.582. The molecule has 1 aliphatic heterocycles. The minimum absolute atomic E-state index is 0.0447. The fourth-order valence-electron chi connectivity index (χ4n) is 1.69. The number of aliphatic carboxylic acids is 1. The van der Waals surface area contributed by atoms with Gasteiger partial charge in [0.2, 0.25) is 11.8 Å². The molecule has 0 aliphatic carbocycles. The molecule has 1 saturated heterocycles. The highest BCUT2D eigenvalue weighted by atomic mass is 16.5. The van der Waals surface area contributed by atoms with E-state index in [1.165, 1.54) is 0 Å². The van der Waals surface area contributed by atoms with E-state index in [1.54, 1.807) is 0 Å². The van der Waals surface area contributed by atoms with E-state index in [-0.39, 0.29) is 25.5 Å². The molecule has 0 aromatic rings. The summed E-state index contributed by atoms with van der Waals surface area (Å²) in [5, 5.41) is 13.9. The molecule has 3 N–H and O–H groups in total. The van der Waals surface area contributed by atoms with E-state index >= 15 is 0 Å². The molecule has 0 radical (unpaired) electrons. The smallest absolute Gasteiger partial charge is 0.331 e. The summed E-state index contributed by atoms with van der Waals surface area (Å²) in [5.74, 6) is -1.86. The first-order chi connectivity index (χ1) is 8.50. The summed E-state index contributed by atoms with van der Waals surface area (Å²) in [6.45, 7) is 1.90. The number of carbonyl (C=O) groups excluding carboxylic acids is 2. The predicted molar refractivity (Wildman–Crippen MR) is 61.9 cm³/mol. The second kappa shape index (κ2) is 6.34. The van der Waals surface area contributed by atoms with Gasteiger partial charge in [-0.15, -0.1) is 0 Å². The second-order valence-electron chi connectivity index (χ2n) is 4.26. The Kier molecular flexibility index (Phi) is 5.08. The fourth-order valence-corrected chi connectivity index (χ4v) is 1.69. The Hall–Kier alpha value is -1.63. The normalized spacial score (nSPS) is 22.5. The van der Waals surface area contributed by atoms with Crippen LogP contribution in [0.25, 0.3) is 0 Å². The van der Waals surface area contributed by atoms with Gasteiger partial charge < -0.3 is 20.5 Å². The molecule has 0 spiro atoms. The summed E-state index contributed by atoms with van der Waals surface area (Å²) in [5.41, 5.74) is -1.35. The zero-order chi connectivity index (χ0) is 13.6. The van der Waals surface area contributed by atoms with Crippen molar-refractivity contribution in [1.29, 1.82) is 0 Å². The fraction of sp³-hybridized carbons (Fsp3) is 0.727. The van der Waals surface area contributed by atoms with Gasteiger partial charge >= 0.3 is 5.97 Å². The molecule has 1 aliphatic rings. The molecule has 102 valence electrons. The van der Waals surface area contributed by atoms with Crippen LogP contribution in [0, 0.1) is 0 Å². The second-order valence-corrected chi connectivity index (χ2v) is 4.26. The Morgan fingerprint density at radius 3 is 2.56 bits per heavy atom. The summed E-state index contributed by atoms with van der Waals surface area (Å²) in [6.07, 6.45) is 1.28. The minimum atomic E-state index is -1.35. The summed E-state index contributed by atoms with van der Waals surface area (Å²) < 4.78 is 5.00. The average Bonchev–Trinajstić information content (AvgIpc) is 2.77. The molecule has 1 rings (SSSR count). The van der Waals surface area contributed by atoms with Crippen molar-refractivity contribution >= 4 is 17.8 Å². The van der Waals surface area contributed by atoms with Gasteiger partial charge in [-0.1, -0.05) is 6.92 Å². The van der Waals surface area contributed by atoms with Crippen LogP contribution in [0.15, 0.2) is 0 Å². The Bertz CT molecular complexity index is 336. The molecule has 0 saturated carbocycles. The standard InChI is InChI=1S/C11H18N2O5/c1-2-3-8(14)12-6-9(15)13-11(10(16)17)4-5-18-7-11/h2-7H2,1H3,(H,12,14)(H,13,15)(H,16,17). The highest BCUT2D eigenvalue weighted by Gasteiger charge is 2.43. The van der Waals surface area contributed by atoms with Crippen LogP contribution in [0.3, 0.4) is 0 Å². The van der Waals surface area contributed by atoms with Gasteiger partial charge in [0, 0.05) is 19.4 Å². The van der Waals surface area contributed by atoms with E-state index < -0.39 is 17.4 Å². The molecule has 0 aromatic heterocycles.